The van der Waals surface area contributed by atoms with Gasteiger partial charge >= 0.3 is 0 Å². The topological polar surface area (TPSA) is 38.3 Å². The smallest absolute Gasteiger partial charge is 0.234 e. The Bertz CT molecular complexity index is 241. The van der Waals surface area contributed by atoms with Crippen LogP contribution >= 0.6 is 12.2 Å². The number of rotatable bonds is 5. The van der Waals surface area contributed by atoms with Crippen LogP contribution in [0.3, 0.4) is 0 Å². The van der Waals surface area contributed by atoms with E-state index in [0.29, 0.717) is 5.92 Å². The van der Waals surface area contributed by atoms with Gasteiger partial charge in [0.2, 0.25) is 5.91 Å². The second-order valence-corrected chi connectivity index (χ2v) is 5.13. The van der Waals surface area contributed by atoms with Crippen molar-refractivity contribution in [1.82, 2.24) is 4.72 Å². The molecule has 0 unspecified atom stereocenters. The molecule has 0 aromatic rings. The minimum absolute atomic E-state index is 0.0334. The summed E-state index contributed by atoms with van der Waals surface area (Å²) < 4.78 is 8.20. The maximum absolute atomic E-state index is 11.5. The highest BCUT2D eigenvalue weighted by atomic mass is 32.2. The van der Waals surface area contributed by atoms with Crippen LogP contribution in [0.25, 0.3) is 0 Å². The van der Waals surface area contributed by atoms with Crippen molar-refractivity contribution in [1.29, 1.82) is 0 Å². The molecule has 0 heterocycles. The largest absolute Gasteiger partial charge is 0.290 e. The fourth-order valence-electron chi connectivity index (χ4n) is 1.52. The lowest BCUT2D eigenvalue weighted by molar-refractivity contribution is -0.120. The lowest BCUT2D eigenvalue weighted by Gasteiger charge is -2.08. The van der Waals surface area contributed by atoms with Gasteiger partial charge in [-0.05, 0) is 32.1 Å². The minimum Gasteiger partial charge on any atom is -0.290 e. The van der Waals surface area contributed by atoms with Crippen molar-refractivity contribution in [3.63, 3.8) is 0 Å². The molecule has 0 bridgehead atoms. The average molecular weight is 245 g/mol. The first kappa shape index (κ1) is 13.8. The van der Waals surface area contributed by atoms with Gasteiger partial charge in [-0.2, -0.15) is 0 Å². The summed E-state index contributed by atoms with van der Waals surface area (Å²) in [5.41, 5.74) is 0.0334. The Labute approximate surface area is 103 Å². The first-order chi connectivity index (χ1) is 7.64. The highest BCUT2D eigenvalue weighted by molar-refractivity contribution is 7.93. The molecule has 0 aliphatic heterocycles. The number of hydrogen-bond donors (Lipinski definition) is 1. The number of carbonyl (C=O) groups excluding carboxylic acids is 1. The van der Waals surface area contributed by atoms with Crippen molar-refractivity contribution in [2.75, 3.05) is 0 Å². The van der Waals surface area contributed by atoms with Gasteiger partial charge in [0.25, 0.3) is 0 Å². The van der Waals surface area contributed by atoms with Crippen LogP contribution in [-0.4, -0.2) is 11.5 Å². The van der Waals surface area contributed by atoms with Crippen LogP contribution in [0.5, 0.6) is 0 Å². The summed E-state index contributed by atoms with van der Waals surface area (Å²) in [6.45, 7) is 8.20. The first-order valence-corrected chi connectivity index (χ1v) is 7.03. The van der Waals surface area contributed by atoms with E-state index in [4.69, 9.17) is 4.18 Å². The summed E-state index contributed by atoms with van der Waals surface area (Å²) in [6.07, 6.45) is 4.38. The predicted octanol–water partition coefficient (Wildman–Crippen LogP) is 3.31. The molecule has 2 fully saturated rings. The fraction of sp³-hybridized carbons (Fsp3) is 0.917. The molecule has 0 aromatic carbocycles. The zero-order valence-corrected chi connectivity index (χ0v) is 11.5. The zero-order chi connectivity index (χ0) is 12.2. The minimum atomic E-state index is 0.0334. The fourth-order valence-corrected chi connectivity index (χ4v) is 2.16. The van der Waals surface area contributed by atoms with Gasteiger partial charge in [0.15, 0.2) is 0 Å². The molecule has 2 aliphatic carbocycles. The van der Waals surface area contributed by atoms with Gasteiger partial charge in [-0.1, -0.05) is 27.2 Å². The van der Waals surface area contributed by atoms with Gasteiger partial charge in [-0.3, -0.25) is 13.7 Å². The summed E-state index contributed by atoms with van der Waals surface area (Å²) >= 11 is 1.11. The van der Waals surface area contributed by atoms with E-state index in [9.17, 15) is 4.79 Å². The maximum atomic E-state index is 11.5. The van der Waals surface area contributed by atoms with Crippen molar-refractivity contribution >= 4 is 18.1 Å². The summed E-state index contributed by atoms with van der Waals surface area (Å²) in [7, 11) is 0. The van der Waals surface area contributed by atoms with E-state index in [1.165, 1.54) is 0 Å². The van der Waals surface area contributed by atoms with Gasteiger partial charge in [-0.15, -0.1) is 0 Å². The van der Waals surface area contributed by atoms with E-state index in [2.05, 4.69) is 18.6 Å². The third kappa shape index (κ3) is 3.98. The van der Waals surface area contributed by atoms with Crippen LogP contribution in [0.1, 0.15) is 53.4 Å². The van der Waals surface area contributed by atoms with Crippen molar-refractivity contribution < 1.29 is 8.98 Å². The summed E-state index contributed by atoms with van der Waals surface area (Å²) in [5, 5.41) is 0. The van der Waals surface area contributed by atoms with Crippen LogP contribution in [-0.2, 0) is 8.98 Å². The highest BCUT2D eigenvalue weighted by Crippen LogP contribution is 2.43. The Morgan fingerprint density at radius 2 is 2.12 bits per heavy atom. The molecule has 0 radical (unpaired) electrons. The molecule has 94 valence electrons. The second kappa shape index (κ2) is 5.92. The van der Waals surface area contributed by atoms with Gasteiger partial charge in [0, 0.05) is 5.92 Å². The van der Waals surface area contributed by atoms with E-state index in [0.717, 1.165) is 37.9 Å². The third-order valence-electron chi connectivity index (χ3n) is 3.12. The van der Waals surface area contributed by atoms with Gasteiger partial charge < -0.3 is 0 Å². The van der Waals surface area contributed by atoms with Gasteiger partial charge in [0.05, 0.1) is 5.60 Å². The molecule has 2 atom stereocenters. The predicted molar refractivity (Wildman–Crippen MR) is 67.7 cm³/mol. The highest BCUT2D eigenvalue weighted by Gasteiger charge is 2.43. The lowest BCUT2D eigenvalue weighted by Crippen LogP contribution is -2.20. The molecule has 2 aliphatic rings. The Morgan fingerprint density at radius 3 is 2.56 bits per heavy atom. The third-order valence-corrected chi connectivity index (χ3v) is 3.89. The summed E-state index contributed by atoms with van der Waals surface area (Å²) in [5.74, 6) is 1.02. The number of nitrogens with one attached hydrogen (secondary N) is 1. The molecule has 2 rings (SSSR count). The van der Waals surface area contributed by atoms with Crippen LogP contribution < -0.4 is 4.72 Å². The molecule has 1 N–H and O–H groups in total. The molecule has 4 heteroatoms. The quantitative estimate of drug-likeness (QED) is 0.596. The molecule has 0 spiro atoms. The van der Waals surface area contributed by atoms with Crippen LogP contribution in [0.2, 0.25) is 0 Å². The summed E-state index contributed by atoms with van der Waals surface area (Å²) in [6, 6.07) is 0. The van der Waals surface area contributed by atoms with E-state index in [1.54, 1.807) is 0 Å². The molecule has 1 amide bonds. The summed E-state index contributed by atoms with van der Waals surface area (Å²) in [4.78, 5) is 11.5. The molecular weight excluding hydrogens is 222 g/mol. The Kier molecular flexibility index (Phi) is 5.12. The molecule has 0 saturated heterocycles. The number of carbonyl (C=O) groups is 1. The van der Waals surface area contributed by atoms with E-state index >= 15 is 0 Å². The van der Waals surface area contributed by atoms with E-state index in [1.807, 2.05) is 13.8 Å². The number of amides is 1. The van der Waals surface area contributed by atoms with E-state index in [-0.39, 0.29) is 17.4 Å². The number of hydrogen-bond acceptors (Lipinski definition) is 3. The Balaban J connectivity index is 0.000000606. The lowest BCUT2D eigenvalue weighted by atomic mass is 10.2. The monoisotopic (exact) mass is 245 g/mol. The van der Waals surface area contributed by atoms with Crippen molar-refractivity contribution in [2.24, 2.45) is 11.8 Å². The normalized spacial score (nSPS) is 28.8. The molecule has 2 saturated carbocycles. The standard InChI is InChI=1S/C10H17NO2S.C2H6/c1-3-7-6-8(7)9(12)11-14-13-10(2)4-5-10;1-2/h7-8H,3-6H2,1-2H3,(H,11,12);1-2H3/t7-,8+;/m1./s1. The van der Waals surface area contributed by atoms with Crippen molar-refractivity contribution in [3.05, 3.63) is 0 Å². The molecular formula is C12H23NO2S. The van der Waals surface area contributed by atoms with Gasteiger partial charge in [-0.25, -0.2) is 0 Å². The maximum Gasteiger partial charge on any atom is 0.234 e. The van der Waals surface area contributed by atoms with Crippen LogP contribution in [0, 0.1) is 11.8 Å². The molecule has 3 nitrogen and oxygen atoms in total. The Hall–Kier alpha value is -0.220. The van der Waals surface area contributed by atoms with E-state index < -0.39 is 0 Å². The first-order valence-electron chi connectivity index (χ1n) is 6.29. The van der Waals surface area contributed by atoms with Crippen molar-refractivity contribution in [2.45, 2.75) is 59.0 Å². The average Bonchev–Trinajstić information content (AvgIpc) is 3.17. The Morgan fingerprint density at radius 1 is 1.50 bits per heavy atom. The SMILES string of the molecule is CC.CC[C@@H]1C[C@@H]1C(=O)NSOC1(C)CC1. The second-order valence-electron chi connectivity index (χ2n) is 4.59. The van der Waals surface area contributed by atoms with Crippen molar-refractivity contribution in [3.8, 4) is 0 Å². The zero-order valence-electron chi connectivity index (χ0n) is 10.7. The van der Waals surface area contributed by atoms with Crippen LogP contribution in [0.15, 0.2) is 0 Å². The van der Waals surface area contributed by atoms with Crippen LogP contribution in [0.4, 0.5) is 0 Å². The van der Waals surface area contributed by atoms with Gasteiger partial charge in [0.1, 0.15) is 12.2 Å². The molecule has 0 aromatic heterocycles. The molecule has 16 heavy (non-hydrogen) atoms.